The summed E-state index contributed by atoms with van der Waals surface area (Å²) in [7, 11) is 0. The number of hydrogen-bond acceptors (Lipinski definition) is 2. The number of amides is 1. The first kappa shape index (κ1) is 13.5. The highest BCUT2D eigenvalue weighted by Crippen LogP contribution is 2.17. The molecule has 0 N–H and O–H groups in total. The predicted molar refractivity (Wildman–Crippen MR) is 71.6 cm³/mol. The molecule has 18 heavy (non-hydrogen) atoms. The lowest BCUT2D eigenvalue weighted by Gasteiger charge is -2.34. The van der Waals surface area contributed by atoms with E-state index in [0.717, 1.165) is 30.7 Å². The summed E-state index contributed by atoms with van der Waals surface area (Å²) in [4.78, 5) is 15.2. The van der Waals surface area contributed by atoms with Crippen LogP contribution in [0.2, 0.25) is 0 Å². The van der Waals surface area contributed by atoms with Gasteiger partial charge < -0.3 is 4.90 Å². The lowest BCUT2D eigenvalue weighted by molar-refractivity contribution is -0.130. The van der Waals surface area contributed by atoms with Crippen molar-refractivity contribution in [3.63, 3.8) is 0 Å². The van der Waals surface area contributed by atoms with Crippen molar-refractivity contribution in [1.29, 1.82) is 0 Å². The van der Waals surface area contributed by atoms with E-state index in [4.69, 9.17) is 0 Å². The van der Waals surface area contributed by atoms with Crippen LogP contribution in [0.5, 0.6) is 0 Å². The van der Waals surface area contributed by atoms with Crippen molar-refractivity contribution in [1.82, 2.24) is 9.80 Å². The molecule has 0 atom stereocenters. The molecule has 1 aromatic carbocycles. The summed E-state index contributed by atoms with van der Waals surface area (Å²) < 4.78 is 14.4. The van der Waals surface area contributed by atoms with Crippen molar-refractivity contribution in [2.75, 3.05) is 26.2 Å². The van der Waals surface area contributed by atoms with Crippen LogP contribution in [0.4, 0.5) is 4.39 Å². The lowest BCUT2D eigenvalue weighted by atomic mass is 10.2. The molecule has 0 bridgehead atoms. The van der Waals surface area contributed by atoms with Gasteiger partial charge in [0.15, 0.2) is 0 Å². The van der Waals surface area contributed by atoms with Gasteiger partial charge in [-0.05, 0) is 12.1 Å². The molecule has 98 valence electrons. The fourth-order valence-electron chi connectivity index (χ4n) is 2.11. The summed E-state index contributed by atoms with van der Waals surface area (Å²) in [5, 5.41) is 0. The number of benzene rings is 1. The van der Waals surface area contributed by atoms with Crippen molar-refractivity contribution in [3.8, 4) is 0 Å². The maximum atomic E-state index is 13.7. The minimum atomic E-state index is -0.182. The van der Waals surface area contributed by atoms with Crippen LogP contribution in [0.3, 0.4) is 0 Å². The summed E-state index contributed by atoms with van der Waals surface area (Å²) in [5.74, 6) is -0.0668. The smallest absolute Gasteiger partial charge is 0.219 e. The van der Waals surface area contributed by atoms with E-state index in [1.54, 1.807) is 13.0 Å². The molecule has 0 aliphatic carbocycles. The first-order valence-electron chi connectivity index (χ1n) is 5.98. The molecule has 0 spiro atoms. The van der Waals surface area contributed by atoms with E-state index in [0.29, 0.717) is 12.1 Å². The Labute approximate surface area is 115 Å². The lowest BCUT2D eigenvalue weighted by Crippen LogP contribution is -2.47. The Bertz CT molecular complexity index is 445. The molecule has 0 unspecified atom stereocenters. The van der Waals surface area contributed by atoms with Gasteiger partial charge in [0.2, 0.25) is 5.91 Å². The van der Waals surface area contributed by atoms with E-state index in [9.17, 15) is 9.18 Å². The molecule has 1 aromatic rings. The van der Waals surface area contributed by atoms with E-state index >= 15 is 0 Å². The van der Waals surface area contributed by atoms with Crippen molar-refractivity contribution in [2.45, 2.75) is 13.5 Å². The zero-order valence-electron chi connectivity index (χ0n) is 10.3. The van der Waals surface area contributed by atoms with Crippen molar-refractivity contribution < 1.29 is 9.18 Å². The summed E-state index contributed by atoms with van der Waals surface area (Å²) in [6.07, 6.45) is 0. The number of carbonyl (C=O) groups is 1. The second kappa shape index (κ2) is 5.80. The summed E-state index contributed by atoms with van der Waals surface area (Å²) in [6.45, 7) is 5.25. The average molecular weight is 315 g/mol. The van der Waals surface area contributed by atoms with Gasteiger partial charge >= 0.3 is 0 Å². The standard InChI is InChI=1S/C13H16BrFN2O/c1-10(18)17-6-4-16(5-7-17)9-11-2-3-12(14)8-13(11)15/h2-3,8H,4-7,9H2,1H3. The molecule has 1 aliphatic rings. The van der Waals surface area contributed by atoms with E-state index in [1.165, 1.54) is 6.07 Å². The van der Waals surface area contributed by atoms with Gasteiger partial charge in [0.1, 0.15) is 5.82 Å². The second-order valence-corrected chi connectivity index (χ2v) is 5.43. The quantitative estimate of drug-likeness (QED) is 0.836. The third kappa shape index (κ3) is 3.29. The Hall–Kier alpha value is -0.940. The third-order valence-electron chi connectivity index (χ3n) is 3.23. The topological polar surface area (TPSA) is 23.6 Å². The minimum absolute atomic E-state index is 0.115. The largest absolute Gasteiger partial charge is 0.340 e. The summed E-state index contributed by atoms with van der Waals surface area (Å²) in [6, 6.07) is 5.14. The Morgan fingerprint density at radius 1 is 1.33 bits per heavy atom. The van der Waals surface area contributed by atoms with Gasteiger partial charge in [-0.2, -0.15) is 0 Å². The molecule has 1 saturated heterocycles. The first-order valence-corrected chi connectivity index (χ1v) is 6.77. The molecule has 0 saturated carbocycles. The van der Waals surface area contributed by atoms with Crippen LogP contribution in [-0.4, -0.2) is 41.9 Å². The van der Waals surface area contributed by atoms with Crippen LogP contribution in [0, 0.1) is 5.82 Å². The highest BCUT2D eigenvalue weighted by atomic mass is 79.9. The number of nitrogens with zero attached hydrogens (tertiary/aromatic N) is 2. The average Bonchev–Trinajstić information content (AvgIpc) is 2.33. The maximum absolute atomic E-state index is 13.7. The zero-order chi connectivity index (χ0) is 13.1. The monoisotopic (exact) mass is 314 g/mol. The van der Waals surface area contributed by atoms with Gasteiger partial charge in [-0.1, -0.05) is 22.0 Å². The van der Waals surface area contributed by atoms with E-state index in [-0.39, 0.29) is 11.7 Å². The number of piperazine rings is 1. The van der Waals surface area contributed by atoms with Gasteiger partial charge in [0.25, 0.3) is 0 Å². The molecule has 1 aliphatic heterocycles. The highest BCUT2D eigenvalue weighted by molar-refractivity contribution is 9.10. The molecule has 2 rings (SSSR count). The maximum Gasteiger partial charge on any atom is 0.219 e. The van der Waals surface area contributed by atoms with Crippen LogP contribution in [-0.2, 0) is 11.3 Å². The van der Waals surface area contributed by atoms with Crippen molar-refractivity contribution in [2.24, 2.45) is 0 Å². The molecule has 1 heterocycles. The molecule has 1 amide bonds. The van der Waals surface area contributed by atoms with Crippen LogP contribution < -0.4 is 0 Å². The van der Waals surface area contributed by atoms with Crippen LogP contribution in [0.1, 0.15) is 12.5 Å². The van der Waals surface area contributed by atoms with Crippen LogP contribution >= 0.6 is 15.9 Å². The van der Waals surface area contributed by atoms with Gasteiger partial charge in [-0.15, -0.1) is 0 Å². The van der Waals surface area contributed by atoms with Crippen molar-refractivity contribution in [3.05, 3.63) is 34.1 Å². The van der Waals surface area contributed by atoms with E-state index < -0.39 is 0 Å². The molecule has 0 aromatic heterocycles. The Kier molecular flexibility index (Phi) is 4.35. The normalized spacial score (nSPS) is 16.9. The number of hydrogen-bond donors (Lipinski definition) is 0. The molecule has 3 nitrogen and oxygen atoms in total. The number of carbonyl (C=O) groups excluding carboxylic acids is 1. The summed E-state index contributed by atoms with van der Waals surface area (Å²) >= 11 is 3.25. The highest BCUT2D eigenvalue weighted by Gasteiger charge is 2.19. The predicted octanol–water partition coefficient (Wildman–Crippen LogP) is 2.25. The Morgan fingerprint density at radius 3 is 2.56 bits per heavy atom. The van der Waals surface area contributed by atoms with Gasteiger partial charge in [0.05, 0.1) is 0 Å². The Balaban J connectivity index is 1.93. The SMILES string of the molecule is CC(=O)N1CCN(Cc2ccc(Br)cc2F)CC1. The molecule has 1 fully saturated rings. The molecule has 5 heteroatoms. The van der Waals surface area contributed by atoms with Gasteiger partial charge in [-0.3, -0.25) is 9.69 Å². The summed E-state index contributed by atoms with van der Waals surface area (Å²) in [5.41, 5.74) is 0.703. The zero-order valence-corrected chi connectivity index (χ0v) is 11.9. The minimum Gasteiger partial charge on any atom is -0.340 e. The fraction of sp³-hybridized carbons (Fsp3) is 0.462. The number of halogens is 2. The first-order chi connectivity index (χ1) is 8.56. The fourth-order valence-corrected chi connectivity index (χ4v) is 2.44. The molecular formula is C13H16BrFN2O. The van der Waals surface area contributed by atoms with Gasteiger partial charge in [-0.25, -0.2) is 4.39 Å². The number of rotatable bonds is 2. The van der Waals surface area contributed by atoms with E-state index in [2.05, 4.69) is 20.8 Å². The Morgan fingerprint density at radius 2 is 2.00 bits per heavy atom. The van der Waals surface area contributed by atoms with Crippen molar-refractivity contribution >= 4 is 21.8 Å². The molecular weight excluding hydrogens is 299 g/mol. The van der Waals surface area contributed by atoms with E-state index in [1.807, 2.05) is 11.0 Å². The van der Waals surface area contributed by atoms with Gasteiger partial charge in [0, 0.05) is 49.7 Å². The molecule has 0 radical (unpaired) electrons. The third-order valence-corrected chi connectivity index (χ3v) is 3.72. The van der Waals surface area contributed by atoms with Crippen LogP contribution in [0.25, 0.3) is 0 Å². The van der Waals surface area contributed by atoms with Crippen LogP contribution in [0.15, 0.2) is 22.7 Å². The second-order valence-electron chi connectivity index (χ2n) is 4.52.